The minimum atomic E-state index is -3.58. The Morgan fingerprint density at radius 2 is 1.83 bits per heavy atom. The van der Waals surface area contributed by atoms with Crippen LogP contribution in [-0.4, -0.2) is 38.8 Å². The summed E-state index contributed by atoms with van der Waals surface area (Å²) in [6, 6.07) is 13.9. The molecule has 0 saturated carbocycles. The smallest absolute Gasteiger partial charge is 0.306 e. The summed E-state index contributed by atoms with van der Waals surface area (Å²) in [4.78, 5) is 28.7. The van der Waals surface area contributed by atoms with Crippen LogP contribution in [0.15, 0.2) is 58.4 Å². The number of carbonyl (C=O) groups excluding carboxylic acids is 2. The maximum Gasteiger partial charge on any atom is 0.306 e. The number of fused-ring (bicyclic) bond motifs is 1. The third-order valence-electron chi connectivity index (χ3n) is 4.55. The van der Waals surface area contributed by atoms with Crippen LogP contribution in [-0.2, 0) is 24.3 Å². The molecule has 0 radical (unpaired) electrons. The van der Waals surface area contributed by atoms with E-state index in [4.69, 9.17) is 4.74 Å². The van der Waals surface area contributed by atoms with E-state index in [9.17, 15) is 18.0 Å². The molecule has 30 heavy (non-hydrogen) atoms. The molecule has 9 heteroatoms. The van der Waals surface area contributed by atoms with E-state index in [1.807, 2.05) is 25.1 Å². The molecule has 8 nitrogen and oxygen atoms in total. The fraction of sp³-hybridized carbons (Fsp3) is 0.286. The molecule has 2 aromatic carbocycles. The van der Waals surface area contributed by atoms with Crippen molar-refractivity contribution in [1.29, 1.82) is 0 Å². The molecule has 1 aliphatic rings. The maximum atomic E-state index is 12.2. The predicted molar refractivity (Wildman–Crippen MR) is 113 cm³/mol. The molecule has 0 saturated heterocycles. The van der Waals surface area contributed by atoms with Crippen LogP contribution in [0.2, 0.25) is 0 Å². The van der Waals surface area contributed by atoms with Gasteiger partial charge in [0.05, 0.1) is 4.90 Å². The van der Waals surface area contributed by atoms with Gasteiger partial charge in [0.2, 0.25) is 0 Å². The van der Waals surface area contributed by atoms with Crippen LogP contribution in [0, 0.1) is 6.92 Å². The van der Waals surface area contributed by atoms with Crippen LogP contribution >= 0.6 is 0 Å². The summed E-state index contributed by atoms with van der Waals surface area (Å²) >= 11 is 0. The number of aryl methyl sites for hydroxylation is 1. The fourth-order valence-electron chi connectivity index (χ4n) is 2.92. The number of hydrogen-bond acceptors (Lipinski definition) is 6. The molecule has 1 atom stereocenters. The SMILES string of the molecule is Cc1ccccc1NC(=O)C(C)OC(=O)CCCN=C1NS(=O)(=O)c2ccccc21. The van der Waals surface area contributed by atoms with E-state index in [2.05, 4.69) is 15.0 Å². The van der Waals surface area contributed by atoms with E-state index in [1.165, 1.54) is 13.0 Å². The lowest BCUT2D eigenvalue weighted by Crippen LogP contribution is -2.30. The number of anilines is 1. The lowest BCUT2D eigenvalue weighted by atomic mass is 10.2. The number of esters is 1. The first-order chi connectivity index (χ1) is 14.3. The van der Waals surface area contributed by atoms with Gasteiger partial charge in [-0.15, -0.1) is 0 Å². The van der Waals surface area contributed by atoms with Gasteiger partial charge in [-0.25, -0.2) is 8.42 Å². The molecule has 2 aromatic rings. The lowest BCUT2D eigenvalue weighted by molar-refractivity contribution is -0.153. The molecule has 3 rings (SSSR count). The van der Waals surface area contributed by atoms with Crippen molar-refractivity contribution in [2.45, 2.75) is 37.7 Å². The van der Waals surface area contributed by atoms with Crippen molar-refractivity contribution < 1.29 is 22.7 Å². The van der Waals surface area contributed by atoms with Gasteiger partial charge in [0, 0.05) is 24.2 Å². The summed E-state index contributed by atoms with van der Waals surface area (Å²) in [5.74, 6) is -0.658. The van der Waals surface area contributed by atoms with Gasteiger partial charge in [-0.2, -0.15) is 0 Å². The number of nitrogens with zero attached hydrogens (tertiary/aromatic N) is 1. The van der Waals surface area contributed by atoms with Crippen LogP contribution in [0.25, 0.3) is 0 Å². The van der Waals surface area contributed by atoms with Crippen LogP contribution in [0.5, 0.6) is 0 Å². The Hall–Kier alpha value is -3.20. The van der Waals surface area contributed by atoms with Crippen molar-refractivity contribution >= 4 is 33.4 Å². The molecule has 1 heterocycles. The highest BCUT2D eigenvalue weighted by atomic mass is 32.2. The van der Waals surface area contributed by atoms with E-state index in [0.717, 1.165) is 5.56 Å². The summed E-state index contributed by atoms with van der Waals surface area (Å²) in [5, 5.41) is 2.73. The van der Waals surface area contributed by atoms with Crippen molar-refractivity contribution in [3.05, 3.63) is 59.7 Å². The Morgan fingerprint density at radius 1 is 1.13 bits per heavy atom. The van der Waals surface area contributed by atoms with Crippen LogP contribution in [0.3, 0.4) is 0 Å². The van der Waals surface area contributed by atoms with Crippen LogP contribution < -0.4 is 10.0 Å². The zero-order valence-corrected chi connectivity index (χ0v) is 17.5. The number of aliphatic imine (C=N–C) groups is 1. The van der Waals surface area contributed by atoms with Gasteiger partial charge in [0.25, 0.3) is 15.9 Å². The fourth-order valence-corrected chi connectivity index (χ4v) is 4.17. The van der Waals surface area contributed by atoms with Gasteiger partial charge >= 0.3 is 5.97 Å². The Labute approximate surface area is 175 Å². The standard InChI is InChI=1S/C21H23N3O5S/c1-14-8-3-5-10-17(14)23-21(26)15(2)29-19(25)12-7-13-22-20-16-9-4-6-11-18(16)30(27,28)24-20/h3-6,8-11,15H,7,12-13H2,1-2H3,(H,22,24)(H,23,26). The maximum absolute atomic E-state index is 12.2. The third-order valence-corrected chi connectivity index (χ3v) is 5.95. The van der Waals surface area contributed by atoms with Crippen molar-refractivity contribution in [2.75, 3.05) is 11.9 Å². The number of amidine groups is 1. The van der Waals surface area contributed by atoms with Crippen LogP contribution in [0.1, 0.15) is 30.9 Å². The molecular weight excluding hydrogens is 406 g/mol. The second-order valence-electron chi connectivity index (χ2n) is 6.87. The number of hydrogen-bond donors (Lipinski definition) is 2. The van der Waals surface area contributed by atoms with E-state index in [-0.39, 0.29) is 23.7 Å². The second-order valence-corrected chi connectivity index (χ2v) is 8.52. The number of amides is 1. The summed E-state index contributed by atoms with van der Waals surface area (Å²) in [6.07, 6.45) is -0.511. The summed E-state index contributed by atoms with van der Waals surface area (Å²) in [7, 11) is -3.58. The zero-order valence-electron chi connectivity index (χ0n) is 16.7. The molecule has 1 aliphatic heterocycles. The van der Waals surface area contributed by atoms with E-state index >= 15 is 0 Å². The summed E-state index contributed by atoms with van der Waals surface area (Å²) < 4.78 is 31.7. The molecule has 2 N–H and O–H groups in total. The molecule has 1 amide bonds. The van der Waals surface area contributed by atoms with Gasteiger partial charge in [-0.05, 0) is 44.0 Å². The monoisotopic (exact) mass is 429 g/mol. The van der Waals surface area contributed by atoms with E-state index in [0.29, 0.717) is 17.7 Å². The lowest BCUT2D eigenvalue weighted by Gasteiger charge is -2.14. The Morgan fingerprint density at radius 3 is 2.60 bits per heavy atom. The van der Waals surface area contributed by atoms with E-state index < -0.39 is 28.0 Å². The van der Waals surface area contributed by atoms with Crippen molar-refractivity contribution in [3.63, 3.8) is 0 Å². The van der Waals surface area contributed by atoms with Gasteiger partial charge < -0.3 is 10.1 Å². The number of ether oxygens (including phenoxy) is 1. The van der Waals surface area contributed by atoms with Gasteiger partial charge in [-0.3, -0.25) is 19.3 Å². The molecule has 158 valence electrons. The van der Waals surface area contributed by atoms with Gasteiger partial charge in [0.1, 0.15) is 5.84 Å². The molecule has 0 aromatic heterocycles. The summed E-state index contributed by atoms with van der Waals surface area (Å²) in [5.41, 5.74) is 2.09. The predicted octanol–water partition coefficient (Wildman–Crippen LogP) is 2.38. The quantitative estimate of drug-likeness (QED) is 0.518. The summed E-state index contributed by atoms with van der Waals surface area (Å²) in [6.45, 7) is 3.62. The highest BCUT2D eigenvalue weighted by Gasteiger charge is 2.29. The van der Waals surface area contributed by atoms with Gasteiger partial charge in [0.15, 0.2) is 6.10 Å². The van der Waals surface area contributed by atoms with Crippen LogP contribution in [0.4, 0.5) is 5.69 Å². The Kier molecular flexibility index (Phi) is 6.51. The number of benzene rings is 2. The van der Waals surface area contributed by atoms with Crippen molar-refractivity contribution in [1.82, 2.24) is 4.72 Å². The van der Waals surface area contributed by atoms with Crippen molar-refractivity contribution in [3.8, 4) is 0 Å². The first-order valence-electron chi connectivity index (χ1n) is 9.50. The molecule has 0 spiro atoms. The highest BCUT2D eigenvalue weighted by Crippen LogP contribution is 2.22. The largest absolute Gasteiger partial charge is 0.453 e. The Bertz CT molecular complexity index is 1100. The molecule has 0 aliphatic carbocycles. The minimum absolute atomic E-state index is 0.0627. The number of nitrogens with one attached hydrogen (secondary N) is 2. The molecule has 0 fully saturated rings. The average molecular weight is 429 g/mol. The van der Waals surface area contributed by atoms with E-state index in [1.54, 1.807) is 24.3 Å². The third kappa shape index (κ3) is 5.04. The molecule has 0 bridgehead atoms. The number of para-hydroxylation sites is 1. The first kappa shape index (κ1) is 21.5. The minimum Gasteiger partial charge on any atom is -0.453 e. The second kappa shape index (κ2) is 9.08. The highest BCUT2D eigenvalue weighted by molar-refractivity contribution is 7.90. The average Bonchev–Trinajstić information content (AvgIpc) is 2.97. The first-order valence-corrected chi connectivity index (χ1v) is 11.0. The topological polar surface area (TPSA) is 114 Å². The number of carbonyl (C=O) groups is 2. The number of rotatable bonds is 7. The van der Waals surface area contributed by atoms with Gasteiger partial charge in [-0.1, -0.05) is 30.3 Å². The zero-order chi connectivity index (χ0) is 21.7. The number of sulfonamides is 1. The Balaban J connectivity index is 1.47. The normalized spacial score (nSPS) is 16.4. The van der Waals surface area contributed by atoms with Crippen molar-refractivity contribution in [2.24, 2.45) is 4.99 Å². The molecule has 1 unspecified atom stereocenters. The molecular formula is C21H23N3O5S.